The van der Waals surface area contributed by atoms with E-state index in [9.17, 15) is 16.8 Å². The average molecular weight is 405 g/mol. The fourth-order valence-corrected chi connectivity index (χ4v) is 8.26. The van der Waals surface area contributed by atoms with Gasteiger partial charge in [0.15, 0.2) is 19.7 Å². The van der Waals surface area contributed by atoms with Gasteiger partial charge in [-0.2, -0.15) is 0 Å². The van der Waals surface area contributed by atoms with Crippen molar-refractivity contribution in [2.75, 3.05) is 45.8 Å². The van der Waals surface area contributed by atoms with Crippen LogP contribution in [-0.4, -0.2) is 78.8 Å². The van der Waals surface area contributed by atoms with Gasteiger partial charge in [-0.15, -0.1) is 0 Å². The number of rotatable bonds is 7. The van der Waals surface area contributed by atoms with Gasteiger partial charge in [-0.1, -0.05) is 0 Å². The monoisotopic (exact) mass is 404 g/mol. The summed E-state index contributed by atoms with van der Waals surface area (Å²) in [7, 11) is -1.85. The Balaban J connectivity index is 2.37. The average Bonchev–Trinajstić information content (AvgIpc) is 2.84. The first kappa shape index (κ1) is 21.1. The molecule has 0 amide bonds. The predicted molar refractivity (Wildman–Crippen MR) is 102 cm³/mol. The highest BCUT2D eigenvalue weighted by Crippen LogP contribution is 2.31. The summed E-state index contributed by atoms with van der Waals surface area (Å²) < 4.78 is 56.0. The van der Waals surface area contributed by atoms with Crippen molar-refractivity contribution in [1.82, 2.24) is 10.2 Å². The van der Waals surface area contributed by atoms with E-state index in [0.29, 0.717) is 30.0 Å². The summed E-state index contributed by atoms with van der Waals surface area (Å²) in [5.41, 5.74) is 1.26. The summed E-state index contributed by atoms with van der Waals surface area (Å²) in [4.78, 5) is 2.13. The van der Waals surface area contributed by atoms with Crippen molar-refractivity contribution in [2.45, 2.75) is 30.0 Å². The van der Waals surface area contributed by atoms with E-state index in [0.717, 1.165) is 0 Å². The summed E-state index contributed by atoms with van der Waals surface area (Å²) in [6.07, 6.45) is 0. The molecule has 0 radical (unpaired) electrons. The Labute approximate surface area is 156 Å². The van der Waals surface area contributed by atoms with E-state index in [-0.39, 0.29) is 16.4 Å². The van der Waals surface area contributed by atoms with Crippen LogP contribution >= 0.6 is 0 Å². The zero-order valence-electron chi connectivity index (χ0n) is 15.9. The highest BCUT2D eigenvalue weighted by molar-refractivity contribution is 7.96. The summed E-state index contributed by atoms with van der Waals surface area (Å²) in [5, 5.41) is 2.14. The Morgan fingerprint density at radius 2 is 1.85 bits per heavy atom. The van der Waals surface area contributed by atoms with Crippen LogP contribution in [-0.2, 0) is 19.7 Å². The first-order chi connectivity index (χ1) is 12.0. The summed E-state index contributed by atoms with van der Waals surface area (Å²) in [6.45, 7) is 4.70. The Morgan fingerprint density at radius 3 is 2.42 bits per heavy atom. The minimum atomic E-state index is -3.80. The van der Waals surface area contributed by atoms with E-state index in [4.69, 9.17) is 4.74 Å². The van der Waals surface area contributed by atoms with Crippen molar-refractivity contribution in [2.24, 2.45) is 0 Å². The topological polar surface area (TPSA) is 92.8 Å². The van der Waals surface area contributed by atoms with Crippen LogP contribution in [0.3, 0.4) is 0 Å². The molecular weight excluding hydrogens is 376 g/mol. The number of likely N-dealkylation sites (N-methyl/N-ethyl adjacent to an activating group) is 1. The maximum Gasteiger partial charge on any atom is 0.184 e. The van der Waals surface area contributed by atoms with Gasteiger partial charge < -0.3 is 15.0 Å². The minimum Gasteiger partial charge on any atom is -0.496 e. The van der Waals surface area contributed by atoms with E-state index in [2.05, 4.69) is 5.32 Å². The molecule has 1 saturated heterocycles. The van der Waals surface area contributed by atoms with Crippen LogP contribution < -0.4 is 10.1 Å². The number of methoxy groups -OCH3 is 1. The smallest absolute Gasteiger partial charge is 0.184 e. The molecule has 1 heterocycles. The van der Waals surface area contributed by atoms with Crippen LogP contribution in [0.15, 0.2) is 17.0 Å². The maximum absolute atomic E-state index is 13.2. The number of hydrogen-bond acceptors (Lipinski definition) is 7. The van der Waals surface area contributed by atoms with Crippen molar-refractivity contribution < 1.29 is 21.6 Å². The molecule has 1 N–H and O–H groups in total. The van der Waals surface area contributed by atoms with Gasteiger partial charge in [0.05, 0.1) is 28.8 Å². The first-order valence-corrected chi connectivity index (χ1v) is 11.8. The molecule has 1 aromatic carbocycles. The summed E-state index contributed by atoms with van der Waals surface area (Å²) in [5.74, 6) is 0.110. The Bertz CT molecular complexity index is 863. The van der Waals surface area contributed by atoms with Gasteiger partial charge in [0.1, 0.15) is 5.75 Å². The molecule has 9 heteroatoms. The van der Waals surface area contributed by atoms with Crippen LogP contribution in [0.25, 0.3) is 0 Å². The van der Waals surface area contributed by atoms with Crippen molar-refractivity contribution in [3.05, 3.63) is 23.3 Å². The molecule has 26 heavy (non-hydrogen) atoms. The lowest BCUT2D eigenvalue weighted by Crippen LogP contribution is -2.45. The summed E-state index contributed by atoms with van der Waals surface area (Å²) >= 11 is 0. The predicted octanol–water partition coefficient (Wildman–Crippen LogP) is 0.403. The fraction of sp³-hybridized carbons (Fsp3) is 0.647. The van der Waals surface area contributed by atoms with Gasteiger partial charge in [-0.25, -0.2) is 16.8 Å². The van der Waals surface area contributed by atoms with Crippen LogP contribution in [0.5, 0.6) is 5.75 Å². The largest absolute Gasteiger partial charge is 0.496 e. The molecule has 1 fully saturated rings. The molecule has 0 aromatic heterocycles. The number of aryl methyl sites for hydroxylation is 2. The lowest BCUT2D eigenvalue weighted by Gasteiger charge is -2.22. The second-order valence-electron chi connectivity index (χ2n) is 7.11. The minimum absolute atomic E-state index is 0.154. The number of ether oxygens (including phenoxy) is 1. The molecule has 0 aliphatic carbocycles. The van der Waals surface area contributed by atoms with Gasteiger partial charge in [-0.05, 0) is 51.2 Å². The van der Waals surface area contributed by atoms with Crippen LogP contribution in [0.1, 0.15) is 11.1 Å². The Kier molecular flexibility index (Phi) is 6.37. The number of sulfone groups is 2. The van der Waals surface area contributed by atoms with Crippen LogP contribution in [0.2, 0.25) is 0 Å². The normalized spacial score (nSPS) is 22.7. The number of hydrogen-bond donors (Lipinski definition) is 1. The van der Waals surface area contributed by atoms with Gasteiger partial charge in [0.25, 0.3) is 0 Å². The number of nitrogens with zero attached hydrogens (tertiary/aromatic N) is 1. The van der Waals surface area contributed by atoms with Gasteiger partial charge >= 0.3 is 0 Å². The molecule has 0 spiro atoms. The fourth-order valence-electron chi connectivity index (χ4n) is 3.24. The number of benzene rings is 1. The van der Waals surface area contributed by atoms with Crippen LogP contribution in [0, 0.1) is 13.8 Å². The zero-order chi connectivity index (χ0) is 19.7. The maximum atomic E-state index is 13.2. The SMILES string of the molecule is COc1cc(C)c(S(=O)(=O)[C@@H]2CS(=O)(=O)C[C@H]2NCCN(C)C)cc1C. The molecule has 0 bridgehead atoms. The van der Waals surface area contributed by atoms with Crippen LogP contribution in [0.4, 0.5) is 0 Å². The third-order valence-corrected chi connectivity index (χ3v) is 8.95. The molecule has 1 aliphatic heterocycles. The third-order valence-electron chi connectivity index (χ3n) is 4.66. The summed E-state index contributed by atoms with van der Waals surface area (Å²) in [6, 6.07) is 2.65. The van der Waals surface area contributed by atoms with Gasteiger partial charge in [0.2, 0.25) is 0 Å². The van der Waals surface area contributed by atoms with Crippen molar-refractivity contribution >= 4 is 19.7 Å². The lowest BCUT2D eigenvalue weighted by molar-refractivity contribution is 0.388. The second kappa shape index (κ2) is 7.84. The van der Waals surface area contributed by atoms with Crippen molar-refractivity contribution in [3.63, 3.8) is 0 Å². The quantitative estimate of drug-likeness (QED) is 0.703. The highest BCUT2D eigenvalue weighted by Gasteiger charge is 2.46. The molecular formula is C17H28N2O5S2. The molecule has 2 rings (SSSR count). The second-order valence-corrected chi connectivity index (χ2v) is 11.4. The Morgan fingerprint density at radius 1 is 1.19 bits per heavy atom. The molecule has 0 unspecified atom stereocenters. The molecule has 1 aromatic rings. The first-order valence-electron chi connectivity index (χ1n) is 8.45. The van der Waals surface area contributed by atoms with E-state index < -0.39 is 31.0 Å². The molecule has 148 valence electrons. The molecule has 0 saturated carbocycles. The van der Waals surface area contributed by atoms with E-state index in [1.807, 2.05) is 19.0 Å². The van der Waals surface area contributed by atoms with Gasteiger partial charge in [-0.3, -0.25) is 0 Å². The zero-order valence-corrected chi connectivity index (χ0v) is 17.6. The molecule has 7 nitrogen and oxygen atoms in total. The van der Waals surface area contributed by atoms with Gasteiger partial charge in [0, 0.05) is 19.1 Å². The van der Waals surface area contributed by atoms with E-state index in [1.54, 1.807) is 26.0 Å². The number of nitrogens with one attached hydrogen (secondary N) is 1. The van der Waals surface area contributed by atoms with Crippen molar-refractivity contribution in [3.8, 4) is 5.75 Å². The van der Waals surface area contributed by atoms with Crippen molar-refractivity contribution in [1.29, 1.82) is 0 Å². The molecule has 2 atom stereocenters. The van der Waals surface area contributed by atoms with E-state index in [1.165, 1.54) is 7.11 Å². The lowest BCUT2D eigenvalue weighted by atomic mass is 10.1. The van der Waals surface area contributed by atoms with E-state index >= 15 is 0 Å². The Hall–Kier alpha value is -1.16. The highest BCUT2D eigenvalue weighted by atomic mass is 32.2. The molecule has 1 aliphatic rings. The third kappa shape index (κ3) is 4.57. The standard InChI is InChI=1S/C17H28N2O5S2/c1-12-9-16(13(2)8-15(12)24-5)26(22,23)17-11-25(20,21)10-14(17)18-6-7-19(3)4/h8-9,14,17-18H,6-7,10-11H2,1-5H3/t14-,17-/m1/s1.